The van der Waals surface area contributed by atoms with E-state index in [0.29, 0.717) is 6.54 Å². The van der Waals surface area contributed by atoms with Crippen LogP contribution in [0.5, 0.6) is 5.75 Å². The lowest BCUT2D eigenvalue weighted by Gasteiger charge is -2.16. The molecular weight excluding hydrogens is 204 g/mol. The number of hydrogen-bond donors (Lipinski definition) is 1. The molecule has 92 valence electrons. The van der Waals surface area contributed by atoms with E-state index in [1.54, 1.807) is 13.3 Å². The molecule has 0 aromatic carbocycles. The number of ether oxygens (including phenoxy) is 1. The summed E-state index contributed by atoms with van der Waals surface area (Å²) < 4.78 is 7.29. The molecule has 0 bridgehead atoms. The Balaban J connectivity index is 2.86. The summed E-state index contributed by atoms with van der Waals surface area (Å²) in [7, 11) is 5.76. The molecule has 0 aliphatic carbocycles. The maximum Gasteiger partial charge on any atom is 0.160 e. The molecule has 0 spiro atoms. The predicted molar refractivity (Wildman–Crippen MR) is 64.8 cm³/mol. The van der Waals surface area contributed by atoms with Gasteiger partial charge in [0.15, 0.2) is 5.75 Å². The summed E-state index contributed by atoms with van der Waals surface area (Å²) in [6.07, 6.45) is 1.76. The van der Waals surface area contributed by atoms with Crippen LogP contribution in [-0.4, -0.2) is 49.0 Å². The highest BCUT2D eigenvalue weighted by Gasteiger charge is 2.16. The van der Waals surface area contributed by atoms with Gasteiger partial charge in [-0.15, -0.1) is 0 Å². The van der Waals surface area contributed by atoms with Gasteiger partial charge >= 0.3 is 0 Å². The Labute approximate surface area is 97.2 Å². The van der Waals surface area contributed by atoms with Crippen LogP contribution in [0.25, 0.3) is 0 Å². The van der Waals surface area contributed by atoms with E-state index in [9.17, 15) is 0 Å². The number of nitrogens with two attached hydrogens (primary N) is 1. The van der Waals surface area contributed by atoms with Gasteiger partial charge in [-0.3, -0.25) is 4.68 Å². The molecule has 0 radical (unpaired) electrons. The zero-order valence-electron chi connectivity index (χ0n) is 10.6. The van der Waals surface area contributed by atoms with Crippen molar-refractivity contribution < 1.29 is 4.74 Å². The fraction of sp³-hybridized carbons (Fsp3) is 0.727. The zero-order valence-corrected chi connectivity index (χ0v) is 10.6. The van der Waals surface area contributed by atoms with E-state index in [-0.39, 0.29) is 5.92 Å². The third kappa shape index (κ3) is 2.96. The topological polar surface area (TPSA) is 56.3 Å². The van der Waals surface area contributed by atoms with Gasteiger partial charge < -0.3 is 15.4 Å². The molecule has 0 amide bonds. The zero-order chi connectivity index (χ0) is 12.1. The standard InChI is InChI=1S/C11H22N4O/c1-9(7-12)11-10(16-4)8-13-15(11)6-5-14(2)3/h8-9H,5-7,12H2,1-4H3. The quantitative estimate of drug-likeness (QED) is 0.768. The van der Waals surface area contributed by atoms with Crippen LogP contribution in [0.2, 0.25) is 0 Å². The molecule has 1 heterocycles. The Morgan fingerprint density at radius 1 is 1.56 bits per heavy atom. The lowest BCUT2D eigenvalue weighted by atomic mass is 10.1. The number of methoxy groups -OCH3 is 1. The van der Waals surface area contributed by atoms with Gasteiger partial charge in [0, 0.05) is 19.0 Å². The van der Waals surface area contributed by atoms with Crippen LogP contribution in [0.1, 0.15) is 18.5 Å². The smallest absolute Gasteiger partial charge is 0.160 e. The molecule has 0 fully saturated rings. The summed E-state index contributed by atoms with van der Waals surface area (Å²) in [5, 5.41) is 4.34. The number of likely N-dealkylation sites (N-methyl/N-ethyl adjacent to an activating group) is 1. The molecule has 2 N–H and O–H groups in total. The Kier molecular flexibility index (Phi) is 4.76. The summed E-state index contributed by atoms with van der Waals surface area (Å²) in [5.74, 6) is 1.09. The number of nitrogens with zero attached hydrogens (tertiary/aromatic N) is 3. The SMILES string of the molecule is COc1cnn(CCN(C)C)c1C(C)CN. The van der Waals surface area contributed by atoms with Crippen LogP contribution in [0.3, 0.4) is 0 Å². The minimum atomic E-state index is 0.264. The molecule has 0 saturated heterocycles. The molecule has 5 heteroatoms. The van der Waals surface area contributed by atoms with Crippen molar-refractivity contribution in [1.29, 1.82) is 0 Å². The number of rotatable bonds is 6. The van der Waals surface area contributed by atoms with Crippen LogP contribution in [0.15, 0.2) is 6.20 Å². The van der Waals surface area contributed by atoms with Gasteiger partial charge in [-0.25, -0.2) is 0 Å². The van der Waals surface area contributed by atoms with E-state index >= 15 is 0 Å². The first-order chi connectivity index (χ1) is 7.60. The number of aromatic nitrogens is 2. The first kappa shape index (κ1) is 13.0. The van der Waals surface area contributed by atoms with Gasteiger partial charge in [0.05, 0.1) is 25.5 Å². The summed E-state index contributed by atoms with van der Waals surface area (Å²) >= 11 is 0. The summed E-state index contributed by atoms with van der Waals surface area (Å²) in [6.45, 7) is 4.50. The fourth-order valence-electron chi connectivity index (χ4n) is 1.62. The van der Waals surface area contributed by atoms with Gasteiger partial charge in [-0.2, -0.15) is 5.10 Å². The van der Waals surface area contributed by atoms with Crippen molar-refractivity contribution in [2.75, 3.05) is 34.3 Å². The summed E-state index contributed by atoms with van der Waals surface area (Å²) in [4.78, 5) is 2.13. The first-order valence-electron chi connectivity index (χ1n) is 5.54. The van der Waals surface area contributed by atoms with Crippen LogP contribution >= 0.6 is 0 Å². The molecule has 1 aromatic rings. The van der Waals surface area contributed by atoms with Crippen molar-refractivity contribution in [3.05, 3.63) is 11.9 Å². The van der Waals surface area contributed by atoms with E-state index in [2.05, 4.69) is 16.9 Å². The number of hydrogen-bond acceptors (Lipinski definition) is 4. The van der Waals surface area contributed by atoms with Crippen LogP contribution in [0.4, 0.5) is 0 Å². The van der Waals surface area contributed by atoms with E-state index in [1.165, 1.54) is 0 Å². The Morgan fingerprint density at radius 3 is 2.75 bits per heavy atom. The second kappa shape index (κ2) is 5.86. The molecule has 1 rings (SSSR count). The first-order valence-corrected chi connectivity index (χ1v) is 5.54. The average molecular weight is 226 g/mol. The van der Waals surface area contributed by atoms with E-state index in [0.717, 1.165) is 24.5 Å². The molecule has 1 atom stereocenters. The molecular formula is C11H22N4O. The third-order valence-electron chi connectivity index (χ3n) is 2.64. The van der Waals surface area contributed by atoms with Crippen molar-refractivity contribution in [1.82, 2.24) is 14.7 Å². The van der Waals surface area contributed by atoms with E-state index < -0.39 is 0 Å². The minimum absolute atomic E-state index is 0.264. The van der Waals surface area contributed by atoms with Crippen molar-refractivity contribution in [2.45, 2.75) is 19.4 Å². The van der Waals surface area contributed by atoms with Crippen molar-refractivity contribution in [3.63, 3.8) is 0 Å². The fourth-order valence-corrected chi connectivity index (χ4v) is 1.62. The molecule has 0 aliphatic heterocycles. The molecule has 0 saturated carbocycles. The lowest BCUT2D eigenvalue weighted by molar-refractivity contribution is 0.362. The normalized spacial score (nSPS) is 13.1. The Bertz CT molecular complexity index is 322. The minimum Gasteiger partial charge on any atom is -0.493 e. The van der Waals surface area contributed by atoms with Gasteiger partial charge in [-0.05, 0) is 14.1 Å². The third-order valence-corrected chi connectivity index (χ3v) is 2.64. The second-order valence-electron chi connectivity index (χ2n) is 4.26. The van der Waals surface area contributed by atoms with Gasteiger partial charge in [0.1, 0.15) is 0 Å². The Morgan fingerprint density at radius 2 is 2.25 bits per heavy atom. The summed E-state index contributed by atoms with van der Waals surface area (Å²) in [6, 6.07) is 0. The van der Waals surface area contributed by atoms with Crippen LogP contribution in [0, 0.1) is 0 Å². The predicted octanol–water partition coefficient (Wildman–Crippen LogP) is 0.516. The average Bonchev–Trinajstić information content (AvgIpc) is 2.68. The lowest BCUT2D eigenvalue weighted by Crippen LogP contribution is -2.22. The van der Waals surface area contributed by atoms with Crippen molar-refractivity contribution in [2.24, 2.45) is 5.73 Å². The second-order valence-corrected chi connectivity index (χ2v) is 4.26. The van der Waals surface area contributed by atoms with Crippen LogP contribution in [-0.2, 0) is 6.54 Å². The highest BCUT2D eigenvalue weighted by Crippen LogP contribution is 2.25. The van der Waals surface area contributed by atoms with Gasteiger partial charge in [0.2, 0.25) is 0 Å². The van der Waals surface area contributed by atoms with E-state index in [4.69, 9.17) is 10.5 Å². The Hall–Kier alpha value is -1.07. The highest BCUT2D eigenvalue weighted by atomic mass is 16.5. The molecule has 5 nitrogen and oxygen atoms in total. The van der Waals surface area contributed by atoms with Gasteiger partial charge in [0.25, 0.3) is 0 Å². The van der Waals surface area contributed by atoms with E-state index in [1.807, 2.05) is 18.8 Å². The summed E-state index contributed by atoms with van der Waals surface area (Å²) in [5.41, 5.74) is 6.79. The van der Waals surface area contributed by atoms with Crippen molar-refractivity contribution in [3.8, 4) is 5.75 Å². The molecule has 1 unspecified atom stereocenters. The maximum absolute atomic E-state index is 5.70. The van der Waals surface area contributed by atoms with Gasteiger partial charge in [-0.1, -0.05) is 6.92 Å². The van der Waals surface area contributed by atoms with Crippen LogP contribution < -0.4 is 10.5 Å². The molecule has 1 aromatic heterocycles. The molecule has 16 heavy (non-hydrogen) atoms. The maximum atomic E-state index is 5.70. The highest BCUT2D eigenvalue weighted by molar-refractivity contribution is 5.28. The monoisotopic (exact) mass is 226 g/mol. The largest absolute Gasteiger partial charge is 0.493 e. The van der Waals surface area contributed by atoms with Crippen molar-refractivity contribution >= 4 is 0 Å². The molecule has 0 aliphatic rings.